The monoisotopic (exact) mass is 220 g/mol. The molecule has 1 unspecified atom stereocenters. The minimum absolute atomic E-state index is 0.228. The molecule has 0 radical (unpaired) electrons. The maximum absolute atomic E-state index is 9.82. The summed E-state index contributed by atoms with van der Waals surface area (Å²) in [5, 5.41) is 19.6. The molecular formula is C9H16O6. The zero-order valence-electron chi connectivity index (χ0n) is 8.70. The van der Waals surface area contributed by atoms with Crippen molar-refractivity contribution < 1.29 is 29.2 Å². The van der Waals surface area contributed by atoms with E-state index in [1.54, 1.807) is 6.92 Å². The van der Waals surface area contributed by atoms with Gasteiger partial charge in [0.1, 0.15) is 24.4 Å². The van der Waals surface area contributed by atoms with Crippen molar-refractivity contribution >= 4 is 0 Å². The maximum atomic E-state index is 9.82. The van der Waals surface area contributed by atoms with Crippen LogP contribution in [-0.2, 0) is 18.9 Å². The average Bonchev–Trinajstić information content (AvgIpc) is 2.31. The fourth-order valence-corrected chi connectivity index (χ4v) is 1.89. The van der Waals surface area contributed by atoms with Crippen molar-refractivity contribution in [1.82, 2.24) is 0 Å². The molecule has 0 aromatic heterocycles. The van der Waals surface area contributed by atoms with E-state index in [9.17, 15) is 10.2 Å². The van der Waals surface area contributed by atoms with Crippen LogP contribution < -0.4 is 0 Å². The Labute approximate surface area is 87.7 Å². The Morgan fingerprint density at radius 1 is 1.20 bits per heavy atom. The highest BCUT2D eigenvalue weighted by Crippen LogP contribution is 2.27. The van der Waals surface area contributed by atoms with Gasteiger partial charge >= 0.3 is 0 Å². The number of hydrogen-bond acceptors (Lipinski definition) is 6. The second-order valence-electron chi connectivity index (χ2n) is 3.76. The van der Waals surface area contributed by atoms with E-state index in [0.717, 1.165) is 0 Å². The van der Waals surface area contributed by atoms with Crippen LogP contribution in [0, 0.1) is 0 Å². The number of aliphatic hydroxyl groups is 2. The first-order valence-corrected chi connectivity index (χ1v) is 4.95. The predicted molar refractivity (Wildman–Crippen MR) is 48.0 cm³/mol. The van der Waals surface area contributed by atoms with Crippen molar-refractivity contribution in [2.75, 3.05) is 13.7 Å². The molecule has 88 valence electrons. The number of aliphatic hydroxyl groups excluding tert-OH is 2. The largest absolute Gasteiger partial charge is 0.387 e. The lowest BCUT2D eigenvalue weighted by molar-refractivity contribution is -0.291. The van der Waals surface area contributed by atoms with Crippen molar-refractivity contribution in [3.63, 3.8) is 0 Å². The third-order valence-electron chi connectivity index (χ3n) is 2.72. The van der Waals surface area contributed by atoms with Crippen LogP contribution >= 0.6 is 0 Å². The van der Waals surface area contributed by atoms with Crippen LogP contribution in [0.2, 0.25) is 0 Å². The number of rotatable bonds is 1. The van der Waals surface area contributed by atoms with Gasteiger partial charge in [0, 0.05) is 7.11 Å². The van der Waals surface area contributed by atoms with Crippen LogP contribution in [-0.4, -0.2) is 60.9 Å². The fraction of sp³-hybridized carbons (Fsp3) is 1.00. The van der Waals surface area contributed by atoms with Gasteiger partial charge in [-0.15, -0.1) is 0 Å². The molecule has 0 aromatic rings. The van der Waals surface area contributed by atoms with Crippen LogP contribution in [0.3, 0.4) is 0 Å². The Bertz CT molecular complexity index is 223. The lowest BCUT2D eigenvalue weighted by atomic mass is 9.99. The highest BCUT2D eigenvalue weighted by Gasteiger charge is 2.48. The van der Waals surface area contributed by atoms with E-state index in [0.29, 0.717) is 0 Å². The van der Waals surface area contributed by atoms with Crippen LogP contribution in [0.5, 0.6) is 0 Å². The summed E-state index contributed by atoms with van der Waals surface area (Å²) in [6.45, 7) is 1.94. The van der Waals surface area contributed by atoms with Gasteiger partial charge < -0.3 is 29.2 Å². The number of ether oxygens (including phenoxy) is 4. The highest BCUT2D eigenvalue weighted by atomic mass is 16.7. The van der Waals surface area contributed by atoms with E-state index in [4.69, 9.17) is 18.9 Å². The summed E-state index contributed by atoms with van der Waals surface area (Å²) in [6.07, 6.45) is -4.40. The van der Waals surface area contributed by atoms with Crippen molar-refractivity contribution in [1.29, 1.82) is 0 Å². The van der Waals surface area contributed by atoms with Crippen molar-refractivity contribution in [3.05, 3.63) is 0 Å². The molecule has 0 saturated carbocycles. The molecule has 0 aliphatic carbocycles. The molecule has 2 bridgehead atoms. The van der Waals surface area contributed by atoms with Crippen LogP contribution in [0.4, 0.5) is 0 Å². The predicted octanol–water partition coefficient (Wildman–Crippen LogP) is -1.16. The van der Waals surface area contributed by atoms with Crippen molar-refractivity contribution in [2.45, 2.75) is 43.9 Å². The Morgan fingerprint density at radius 3 is 2.60 bits per heavy atom. The van der Waals surface area contributed by atoms with Crippen LogP contribution in [0.15, 0.2) is 0 Å². The SMILES string of the molecule is CO[C@H]1O[C@@H]2COC(C)O[C@@H]([C@H]2O)[C@H]1O. The summed E-state index contributed by atoms with van der Waals surface area (Å²) in [5.41, 5.74) is 0. The van der Waals surface area contributed by atoms with E-state index in [-0.39, 0.29) is 6.61 Å². The molecule has 15 heavy (non-hydrogen) atoms. The zero-order valence-corrected chi connectivity index (χ0v) is 8.70. The minimum Gasteiger partial charge on any atom is -0.387 e. The molecule has 0 spiro atoms. The first-order valence-electron chi connectivity index (χ1n) is 4.95. The van der Waals surface area contributed by atoms with E-state index in [1.165, 1.54) is 7.11 Å². The normalized spacial score (nSPS) is 51.2. The summed E-state index contributed by atoms with van der Waals surface area (Å²) in [4.78, 5) is 0. The van der Waals surface area contributed by atoms with Crippen molar-refractivity contribution in [2.24, 2.45) is 0 Å². The third-order valence-corrected chi connectivity index (χ3v) is 2.72. The number of methoxy groups -OCH3 is 1. The van der Waals surface area contributed by atoms with Crippen molar-refractivity contribution in [3.8, 4) is 0 Å². The summed E-state index contributed by atoms with van der Waals surface area (Å²) in [5.74, 6) is 0. The molecule has 2 aliphatic heterocycles. The Hall–Kier alpha value is -0.240. The molecule has 2 fully saturated rings. The standard InChI is InChI=1S/C9H16O6/c1-4-13-3-5-6(10)8(14-4)7(11)9(12-2)15-5/h4-11H,3H2,1-2H3/t4?,5-,6+,7-,8+,9+/m1/s1. The van der Waals surface area contributed by atoms with Gasteiger partial charge in [-0.3, -0.25) is 0 Å². The molecule has 2 N–H and O–H groups in total. The summed E-state index contributed by atoms with van der Waals surface area (Å²) in [7, 11) is 1.43. The first-order chi connectivity index (χ1) is 7.13. The first kappa shape index (κ1) is 11.3. The minimum atomic E-state index is -1.01. The van der Waals surface area contributed by atoms with E-state index < -0.39 is 37.0 Å². The summed E-state index contributed by atoms with van der Waals surface area (Å²) < 4.78 is 20.9. The fourth-order valence-electron chi connectivity index (χ4n) is 1.89. The summed E-state index contributed by atoms with van der Waals surface area (Å²) in [6, 6.07) is 0. The zero-order chi connectivity index (χ0) is 11.0. The van der Waals surface area contributed by atoms with Gasteiger partial charge in [-0.1, -0.05) is 0 Å². The van der Waals surface area contributed by atoms with E-state index in [2.05, 4.69) is 0 Å². The lowest BCUT2D eigenvalue weighted by Gasteiger charge is -2.39. The average molecular weight is 220 g/mol. The second-order valence-corrected chi connectivity index (χ2v) is 3.76. The molecule has 2 aliphatic rings. The van der Waals surface area contributed by atoms with E-state index in [1.807, 2.05) is 0 Å². The Morgan fingerprint density at radius 2 is 1.93 bits per heavy atom. The van der Waals surface area contributed by atoms with Crippen LogP contribution in [0.1, 0.15) is 6.92 Å². The lowest BCUT2D eigenvalue weighted by Crippen LogP contribution is -2.58. The second kappa shape index (κ2) is 4.32. The van der Waals surface area contributed by atoms with Gasteiger partial charge in [0.25, 0.3) is 0 Å². The third kappa shape index (κ3) is 2.01. The maximum Gasteiger partial charge on any atom is 0.186 e. The van der Waals surface area contributed by atoms with Gasteiger partial charge in [-0.25, -0.2) is 0 Å². The molecule has 2 heterocycles. The molecule has 6 heteroatoms. The quantitative estimate of drug-likeness (QED) is 0.580. The van der Waals surface area contributed by atoms with Gasteiger partial charge in [-0.05, 0) is 6.92 Å². The molecule has 2 saturated heterocycles. The topological polar surface area (TPSA) is 77.4 Å². The Balaban J connectivity index is 2.17. The molecular weight excluding hydrogens is 204 g/mol. The van der Waals surface area contributed by atoms with Gasteiger partial charge in [-0.2, -0.15) is 0 Å². The Kier molecular flexibility index (Phi) is 3.24. The number of hydrogen-bond donors (Lipinski definition) is 2. The molecule has 0 aromatic carbocycles. The van der Waals surface area contributed by atoms with Gasteiger partial charge in [0.15, 0.2) is 12.6 Å². The van der Waals surface area contributed by atoms with Crippen LogP contribution in [0.25, 0.3) is 0 Å². The highest BCUT2D eigenvalue weighted by molar-refractivity contribution is 4.91. The summed E-state index contributed by atoms with van der Waals surface area (Å²) >= 11 is 0. The molecule has 6 atom stereocenters. The number of fused-ring (bicyclic) bond motifs is 2. The molecule has 0 amide bonds. The van der Waals surface area contributed by atoms with Gasteiger partial charge in [0.05, 0.1) is 6.61 Å². The van der Waals surface area contributed by atoms with E-state index >= 15 is 0 Å². The molecule has 2 rings (SSSR count). The molecule has 6 nitrogen and oxygen atoms in total. The van der Waals surface area contributed by atoms with Gasteiger partial charge in [0.2, 0.25) is 0 Å². The smallest absolute Gasteiger partial charge is 0.186 e.